The molecule has 0 bridgehead atoms. The number of rotatable bonds is 19. The lowest BCUT2D eigenvalue weighted by Crippen LogP contribution is -2.60. The second-order valence-electron chi connectivity index (χ2n) is 25.3. The summed E-state index contributed by atoms with van der Waals surface area (Å²) < 4.78 is 38.3. The minimum atomic E-state index is -2.02. The summed E-state index contributed by atoms with van der Waals surface area (Å²) in [5, 5.41) is 63.3. The monoisotopic (exact) mass is 1160 g/mol. The van der Waals surface area contributed by atoms with Crippen LogP contribution < -0.4 is 15.5 Å². The fourth-order valence-electron chi connectivity index (χ4n) is 12.8. The number of aliphatic hydroxyl groups excluding tert-OH is 3. The largest absolute Gasteiger partial charge is 0.459 e. The van der Waals surface area contributed by atoms with E-state index >= 15 is 0 Å². The molecule has 3 heterocycles. The molecule has 0 spiro atoms. The summed E-state index contributed by atoms with van der Waals surface area (Å²) in [5.74, 6) is -3.32. The summed E-state index contributed by atoms with van der Waals surface area (Å²) in [5.41, 5.74) is 0.0666. The van der Waals surface area contributed by atoms with Crippen LogP contribution in [-0.4, -0.2) is 179 Å². The maximum Gasteiger partial charge on any atom is 0.311 e. The van der Waals surface area contributed by atoms with Crippen LogP contribution in [0.15, 0.2) is 72.8 Å². The Balaban J connectivity index is 1.23. The Morgan fingerprint density at radius 1 is 0.805 bits per heavy atom. The maximum absolute atomic E-state index is 14.7. The first-order chi connectivity index (χ1) is 38.6. The SMILES string of the molecule is CC[C@H]1OC(=O)[C@H](C)[C@@H](O[C@H]2C[C@@](C)(OC)[C@@H](O)[C@H](C)O2)[C@H](C)[C@@H](O[C@@H]2O[C@H](C)C[C@H](N(C)C)[C@H]2O)[C@](C)(O)C[C@@H](C)CN(C(=O)CCCCCCCc2cc(-c3ccc(N(C)C)cc3)ccc2Pc2ccccc2)[C@H](C)[C@@H](O)[C@]1(C)O. The highest BCUT2D eigenvalue weighted by atomic mass is 31.1. The van der Waals surface area contributed by atoms with Crippen LogP contribution in [0.25, 0.3) is 11.1 Å². The van der Waals surface area contributed by atoms with Crippen LogP contribution in [0.4, 0.5) is 5.69 Å². The van der Waals surface area contributed by atoms with E-state index in [1.807, 2.05) is 46.9 Å². The topological polar surface area (TPSA) is 200 Å². The molecule has 3 aromatic carbocycles. The van der Waals surface area contributed by atoms with Gasteiger partial charge in [0, 0.05) is 58.2 Å². The number of nitrogens with zero attached hydrogens (tertiary/aromatic N) is 3. The van der Waals surface area contributed by atoms with Crippen LogP contribution in [0.1, 0.15) is 139 Å². The third-order valence-electron chi connectivity index (χ3n) is 17.9. The Hall–Kier alpha value is -3.61. The van der Waals surface area contributed by atoms with E-state index in [9.17, 15) is 35.1 Å². The van der Waals surface area contributed by atoms with E-state index in [0.717, 1.165) is 37.8 Å². The number of aryl methyl sites for hydroxylation is 1. The van der Waals surface area contributed by atoms with Gasteiger partial charge in [0.15, 0.2) is 12.6 Å². The van der Waals surface area contributed by atoms with Gasteiger partial charge in [0.05, 0.1) is 47.6 Å². The fraction of sp³-hybridized carbons (Fsp3) is 0.692. The lowest BCUT2D eigenvalue weighted by Gasteiger charge is -2.48. The molecule has 82 heavy (non-hydrogen) atoms. The number of esters is 1. The number of amides is 1. The van der Waals surface area contributed by atoms with Crippen molar-refractivity contribution in [2.45, 2.75) is 230 Å². The standard InChI is InChI=1S/C65H102N3O13P/c1-16-53-65(10,75)58(71)44(6)68(54(69)28-24-19-17-18-21-25-48-36-47(46-29-32-49(33-30-46)66(11)12)31-34-52(48)82-50-26-22-20-23-27-50)39-40(2)37-63(8,74)60(81-62-56(70)51(67(13)14)35-41(3)77-62)42(4)57(43(5)61(73)79-53)80-55-38-64(9,76-15)59(72)45(7)78-55/h20,22-23,26-27,29-34,36,40-45,51,53,55-60,62,70-72,74-75,82H,16-19,21,24-25,28,35,37-39H2,1-15H3/t40-,41-,42+,43-,44-,45+,51+,53-,55+,56-,57+,58-,59+,60-,62+,63-,64-,65-/m1/s1. The average molecular weight is 1160 g/mol. The molecule has 460 valence electrons. The lowest BCUT2D eigenvalue weighted by molar-refractivity contribution is -0.318. The Kier molecular flexibility index (Phi) is 24.4. The molecule has 0 aromatic heterocycles. The summed E-state index contributed by atoms with van der Waals surface area (Å²) in [6, 6.07) is 24.9. The molecule has 5 N–H and O–H groups in total. The molecule has 0 saturated carbocycles. The van der Waals surface area contributed by atoms with Crippen LogP contribution in [0.3, 0.4) is 0 Å². The first-order valence-corrected chi connectivity index (χ1v) is 31.2. The van der Waals surface area contributed by atoms with Crippen molar-refractivity contribution in [2.75, 3.05) is 46.7 Å². The van der Waals surface area contributed by atoms with Gasteiger partial charge in [0.2, 0.25) is 5.91 Å². The molecular weight excluding hydrogens is 1060 g/mol. The van der Waals surface area contributed by atoms with Crippen molar-refractivity contribution < 1.29 is 63.5 Å². The van der Waals surface area contributed by atoms with Crippen LogP contribution in [0.5, 0.6) is 0 Å². The quantitative estimate of drug-likeness (QED) is 0.0443. The van der Waals surface area contributed by atoms with Gasteiger partial charge in [-0.1, -0.05) is 109 Å². The molecular formula is C65H102N3O13P. The Labute approximate surface area is 492 Å². The van der Waals surface area contributed by atoms with E-state index < -0.39 is 102 Å². The Morgan fingerprint density at radius 2 is 1.45 bits per heavy atom. The van der Waals surface area contributed by atoms with Gasteiger partial charge in [-0.3, -0.25) is 9.59 Å². The predicted octanol–water partition coefficient (Wildman–Crippen LogP) is 7.74. The molecule has 0 radical (unpaired) electrons. The number of aliphatic hydroxyl groups is 5. The number of methoxy groups -OCH3 is 1. The highest BCUT2D eigenvalue weighted by molar-refractivity contribution is 7.55. The van der Waals surface area contributed by atoms with E-state index in [0.29, 0.717) is 21.4 Å². The number of carbonyl (C=O) groups is 2. The van der Waals surface area contributed by atoms with Crippen LogP contribution in [0.2, 0.25) is 0 Å². The van der Waals surface area contributed by atoms with E-state index in [1.54, 1.807) is 53.4 Å². The van der Waals surface area contributed by atoms with Crippen molar-refractivity contribution in [3.05, 3.63) is 78.4 Å². The van der Waals surface area contributed by atoms with Crippen molar-refractivity contribution in [1.29, 1.82) is 0 Å². The molecule has 1 unspecified atom stereocenters. The normalized spacial score (nSPS) is 35.5. The number of anilines is 1. The van der Waals surface area contributed by atoms with Crippen LogP contribution >= 0.6 is 8.58 Å². The van der Waals surface area contributed by atoms with Crippen molar-refractivity contribution in [2.24, 2.45) is 17.8 Å². The highest BCUT2D eigenvalue weighted by Gasteiger charge is 2.53. The number of hydrogen-bond acceptors (Lipinski definition) is 15. The minimum Gasteiger partial charge on any atom is -0.459 e. The molecule has 19 atom stereocenters. The van der Waals surface area contributed by atoms with Crippen molar-refractivity contribution in [3.8, 4) is 11.1 Å². The number of cyclic esters (lactones) is 1. The summed E-state index contributed by atoms with van der Waals surface area (Å²) in [6.07, 6.45) is -4.09. The molecule has 1 amide bonds. The van der Waals surface area contributed by atoms with Gasteiger partial charge in [0.25, 0.3) is 0 Å². The predicted molar refractivity (Wildman–Crippen MR) is 325 cm³/mol. The molecule has 3 aromatic rings. The number of ether oxygens (including phenoxy) is 6. The first kappa shape index (κ1) is 67.5. The summed E-state index contributed by atoms with van der Waals surface area (Å²) in [7, 11) is 9.90. The number of hydrogen-bond donors (Lipinski definition) is 5. The summed E-state index contributed by atoms with van der Waals surface area (Å²) in [4.78, 5) is 35.1. The smallest absolute Gasteiger partial charge is 0.311 e. The molecule has 16 nitrogen and oxygen atoms in total. The van der Waals surface area contributed by atoms with Crippen LogP contribution in [0, 0.1) is 17.8 Å². The number of likely N-dealkylation sites (N-methyl/N-ethyl adjacent to an activating group) is 1. The second kappa shape index (κ2) is 29.7. The van der Waals surface area contributed by atoms with Crippen molar-refractivity contribution in [1.82, 2.24) is 9.80 Å². The summed E-state index contributed by atoms with van der Waals surface area (Å²) in [6.45, 7) is 17.4. The molecule has 17 heteroatoms. The van der Waals surface area contributed by atoms with Gasteiger partial charge >= 0.3 is 5.97 Å². The minimum absolute atomic E-state index is 0.0632. The van der Waals surface area contributed by atoms with Crippen LogP contribution in [-0.2, 0) is 44.4 Å². The van der Waals surface area contributed by atoms with Crippen molar-refractivity contribution >= 4 is 36.8 Å². The second-order valence-corrected chi connectivity index (χ2v) is 26.7. The fourth-order valence-corrected chi connectivity index (χ4v) is 14.0. The molecule has 3 saturated heterocycles. The summed E-state index contributed by atoms with van der Waals surface area (Å²) >= 11 is 0. The zero-order valence-corrected chi connectivity index (χ0v) is 52.9. The van der Waals surface area contributed by atoms with Gasteiger partial charge in [0.1, 0.15) is 30.0 Å². The van der Waals surface area contributed by atoms with Gasteiger partial charge in [-0.2, -0.15) is 0 Å². The third kappa shape index (κ3) is 16.9. The molecule has 3 aliphatic heterocycles. The molecule has 6 rings (SSSR count). The van der Waals surface area contributed by atoms with Gasteiger partial charge in [-0.05, 0) is 146 Å². The average Bonchev–Trinajstić information content (AvgIpc) is 3.56. The Morgan fingerprint density at radius 3 is 2.09 bits per heavy atom. The first-order valence-electron chi connectivity index (χ1n) is 30.2. The zero-order valence-electron chi connectivity index (χ0n) is 51.9. The van der Waals surface area contributed by atoms with E-state index in [1.165, 1.54) is 41.3 Å². The number of benzene rings is 3. The van der Waals surface area contributed by atoms with Gasteiger partial charge in [-0.15, -0.1) is 0 Å². The lowest BCUT2D eigenvalue weighted by atomic mass is 9.77. The molecule has 3 fully saturated rings. The Bertz CT molecular complexity index is 2470. The zero-order chi connectivity index (χ0) is 60.4. The highest BCUT2D eigenvalue weighted by Crippen LogP contribution is 2.41. The third-order valence-corrected chi connectivity index (χ3v) is 19.3. The van der Waals surface area contributed by atoms with E-state index in [-0.39, 0.29) is 50.3 Å². The van der Waals surface area contributed by atoms with Gasteiger partial charge in [-0.25, -0.2) is 0 Å². The molecule has 0 aliphatic carbocycles. The number of carbonyl (C=O) groups excluding carboxylic acids is 2. The van der Waals surface area contributed by atoms with E-state index in [2.05, 4.69) is 77.7 Å². The van der Waals surface area contributed by atoms with Gasteiger partial charge < -0.3 is 68.7 Å². The number of unbranched alkanes of at least 4 members (excludes halogenated alkanes) is 4. The maximum atomic E-state index is 14.7. The van der Waals surface area contributed by atoms with E-state index in [4.69, 9.17) is 28.4 Å². The van der Waals surface area contributed by atoms with Crippen molar-refractivity contribution in [3.63, 3.8) is 0 Å². The molecule has 3 aliphatic rings.